The van der Waals surface area contributed by atoms with E-state index in [0.717, 1.165) is 43.2 Å². The van der Waals surface area contributed by atoms with Crippen LogP contribution >= 0.6 is 15.9 Å². The maximum absolute atomic E-state index is 12.6. The molecule has 1 aromatic heterocycles. The molecule has 1 fully saturated rings. The molecule has 4 nitrogen and oxygen atoms in total. The summed E-state index contributed by atoms with van der Waals surface area (Å²) in [7, 11) is 0. The van der Waals surface area contributed by atoms with Gasteiger partial charge >= 0.3 is 0 Å². The molecule has 0 aliphatic carbocycles. The van der Waals surface area contributed by atoms with Crippen LogP contribution in [0.3, 0.4) is 0 Å². The third kappa shape index (κ3) is 3.54. The molecule has 0 bridgehead atoms. The van der Waals surface area contributed by atoms with Gasteiger partial charge in [0.1, 0.15) is 5.82 Å². The van der Waals surface area contributed by atoms with Crippen LogP contribution in [0.5, 0.6) is 0 Å². The molecule has 0 spiro atoms. The maximum Gasteiger partial charge on any atom is 0.233 e. The monoisotopic (exact) mass is 325 g/mol. The van der Waals surface area contributed by atoms with Crippen molar-refractivity contribution in [3.63, 3.8) is 0 Å². The number of amides is 1. The van der Waals surface area contributed by atoms with Crippen molar-refractivity contribution in [1.29, 1.82) is 0 Å². The zero-order chi connectivity index (χ0) is 13.7. The highest BCUT2D eigenvalue weighted by atomic mass is 79.9. The maximum atomic E-state index is 12.6. The number of carbonyl (C=O) groups excluding carboxylic acids is 1. The average molecular weight is 326 g/mol. The van der Waals surface area contributed by atoms with E-state index in [-0.39, 0.29) is 11.3 Å². The fourth-order valence-corrected chi connectivity index (χ4v) is 2.90. The smallest absolute Gasteiger partial charge is 0.233 e. The Morgan fingerprint density at radius 3 is 3.00 bits per heavy atom. The molecule has 19 heavy (non-hydrogen) atoms. The van der Waals surface area contributed by atoms with E-state index in [9.17, 15) is 4.79 Å². The van der Waals surface area contributed by atoms with E-state index in [1.54, 1.807) is 6.20 Å². The first-order valence-corrected chi connectivity index (χ1v) is 7.59. The molecule has 2 rings (SSSR count). The second-order valence-corrected chi connectivity index (χ2v) is 6.04. The number of nitrogens with one attached hydrogen (secondary N) is 2. The Bertz CT molecular complexity index is 421. The van der Waals surface area contributed by atoms with Crippen LogP contribution in [0.4, 0.5) is 5.82 Å². The van der Waals surface area contributed by atoms with Gasteiger partial charge in [0.2, 0.25) is 5.91 Å². The predicted molar refractivity (Wildman–Crippen MR) is 80.0 cm³/mol. The number of aromatic nitrogens is 1. The second kappa shape index (κ2) is 6.48. The van der Waals surface area contributed by atoms with Crippen molar-refractivity contribution in [2.24, 2.45) is 5.41 Å². The van der Waals surface area contributed by atoms with Crippen molar-refractivity contribution < 1.29 is 4.79 Å². The lowest BCUT2D eigenvalue weighted by atomic mass is 9.76. The summed E-state index contributed by atoms with van der Waals surface area (Å²) in [6.07, 6.45) is 5.64. The van der Waals surface area contributed by atoms with Crippen molar-refractivity contribution in [3.8, 4) is 0 Å². The SMILES string of the molecule is CCCC1(C(=O)Nc2ccc(Br)cn2)CCCNC1. The zero-order valence-electron chi connectivity index (χ0n) is 11.2. The first-order valence-electron chi connectivity index (χ1n) is 6.80. The van der Waals surface area contributed by atoms with Gasteiger partial charge < -0.3 is 10.6 Å². The molecular weight excluding hydrogens is 306 g/mol. The van der Waals surface area contributed by atoms with E-state index in [0.29, 0.717) is 5.82 Å². The highest BCUT2D eigenvalue weighted by Crippen LogP contribution is 2.32. The Labute approximate surface area is 122 Å². The van der Waals surface area contributed by atoms with Gasteiger partial charge in [-0.05, 0) is 53.9 Å². The van der Waals surface area contributed by atoms with Crippen molar-refractivity contribution in [2.45, 2.75) is 32.6 Å². The molecule has 2 heterocycles. The van der Waals surface area contributed by atoms with Crippen LogP contribution in [-0.2, 0) is 4.79 Å². The third-order valence-corrected chi connectivity index (χ3v) is 4.12. The van der Waals surface area contributed by atoms with E-state index in [4.69, 9.17) is 0 Å². The molecule has 0 aromatic carbocycles. The first-order chi connectivity index (χ1) is 9.16. The highest BCUT2D eigenvalue weighted by Gasteiger charge is 2.38. The number of carbonyl (C=O) groups is 1. The Morgan fingerprint density at radius 2 is 2.42 bits per heavy atom. The van der Waals surface area contributed by atoms with E-state index >= 15 is 0 Å². The highest BCUT2D eigenvalue weighted by molar-refractivity contribution is 9.10. The lowest BCUT2D eigenvalue weighted by Crippen LogP contribution is -2.48. The molecule has 1 aliphatic heterocycles. The molecule has 104 valence electrons. The van der Waals surface area contributed by atoms with Gasteiger partial charge in [0.15, 0.2) is 0 Å². The van der Waals surface area contributed by atoms with E-state index in [2.05, 4.69) is 38.5 Å². The standard InChI is InChI=1S/C14H20BrN3O/c1-2-6-14(7-3-8-16-10-14)13(19)18-12-5-4-11(15)9-17-12/h4-5,9,16H,2-3,6-8,10H2,1H3,(H,17,18,19). The molecule has 1 unspecified atom stereocenters. The summed E-state index contributed by atoms with van der Waals surface area (Å²) in [5, 5.41) is 6.30. The van der Waals surface area contributed by atoms with Crippen LogP contribution in [0.15, 0.2) is 22.8 Å². The number of anilines is 1. The Kier molecular flexibility index (Phi) is 4.93. The fourth-order valence-electron chi connectivity index (χ4n) is 2.67. The molecule has 1 aromatic rings. The summed E-state index contributed by atoms with van der Waals surface area (Å²) in [4.78, 5) is 16.8. The quantitative estimate of drug-likeness (QED) is 0.894. The summed E-state index contributed by atoms with van der Waals surface area (Å²) < 4.78 is 0.910. The molecule has 1 saturated heterocycles. The van der Waals surface area contributed by atoms with E-state index < -0.39 is 0 Å². The normalized spacial score (nSPS) is 23.1. The van der Waals surface area contributed by atoms with Gasteiger partial charge in [0.05, 0.1) is 5.41 Å². The fraction of sp³-hybridized carbons (Fsp3) is 0.571. The topological polar surface area (TPSA) is 54.0 Å². The molecule has 5 heteroatoms. The van der Waals surface area contributed by atoms with Crippen LogP contribution < -0.4 is 10.6 Å². The lowest BCUT2D eigenvalue weighted by molar-refractivity contribution is -0.127. The van der Waals surface area contributed by atoms with Gasteiger partial charge in [0.25, 0.3) is 0 Å². The van der Waals surface area contributed by atoms with Gasteiger partial charge in [-0.1, -0.05) is 13.3 Å². The van der Waals surface area contributed by atoms with Gasteiger partial charge in [-0.15, -0.1) is 0 Å². The molecule has 1 atom stereocenters. The van der Waals surface area contributed by atoms with Gasteiger partial charge in [-0.2, -0.15) is 0 Å². The summed E-state index contributed by atoms with van der Waals surface area (Å²) in [5.41, 5.74) is -0.276. The van der Waals surface area contributed by atoms with Crippen LogP contribution in [-0.4, -0.2) is 24.0 Å². The second-order valence-electron chi connectivity index (χ2n) is 5.13. The number of rotatable bonds is 4. The van der Waals surface area contributed by atoms with Crippen molar-refractivity contribution >= 4 is 27.7 Å². The van der Waals surface area contributed by atoms with Crippen LogP contribution in [0.2, 0.25) is 0 Å². The Hall–Kier alpha value is -0.940. The Morgan fingerprint density at radius 1 is 1.58 bits per heavy atom. The molecule has 0 saturated carbocycles. The van der Waals surface area contributed by atoms with Crippen LogP contribution in [0.25, 0.3) is 0 Å². The Balaban J connectivity index is 2.09. The summed E-state index contributed by atoms with van der Waals surface area (Å²) in [5.74, 6) is 0.714. The number of halogens is 1. The van der Waals surface area contributed by atoms with Crippen molar-refractivity contribution in [2.75, 3.05) is 18.4 Å². The van der Waals surface area contributed by atoms with Gasteiger partial charge in [-0.25, -0.2) is 4.98 Å². The molecule has 2 N–H and O–H groups in total. The third-order valence-electron chi connectivity index (χ3n) is 3.65. The molecule has 0 radical (unpaired) electrons. The predicted octanol–water partition coefficient (Wildman–Crippen LogP) is 2.95. The van der Waals surface area contributed by atoms with E-state index in [1.165, 1.54) is 0 Å². The minimum Gasteiger partial charge on any atom is -0.316 e. The molecular formula is C14H20BrN3O. The van der Waals surface area contributed by atoms with Crippen LogP contribution in [0.1, 0.15) is 32.6 Å². The van der Waals surface area contributed by atoms with Gasteiger partial charge in [-0.3, -0.25) is 4.79 Å². The van der Waals surface area contributed by atoms with Crippen molar-refractivity contribution in [1.82, 2.24) is 10.3 Å². The number of hydrogen-bond donors (Lipinski definition) is 2. The summed E-state index contributed by atoms with van der Waals surface area (Å²) in [6, 6.07) is 3.70. The number of nitrogens with zero attached hydrogens (tertiary/aromatic N) is 1. The number of piperidine rings is 1. The zero-order valence-corrected chi connectivity index (χ0v) is 12.8. The molecule has 1 amide bonds. The summed E-state index contributed by atoms with van der Waals surface area (Å²) in [6.45, 7) is 3.90. The first kappa shape index (κ1) is 14.5. The van der Waals surface area contributed by atoms with E-state index in [1.807, 2.05) is 12.1 Å². The average Bonchev–Trinajstić information content (AvgIpc) is 2.43. The molecule has 1 aliphatic rings. The summed E-state index contributed by atoms with van der Waals surface area (Å²) >= 11 is 3.34. The number of hydrogen-bond acceptors (Lipinski definition) is 3. The minimum atomic E-state index is -0.276. The number of pyridine rings is 1. The van der Waals surface area contributed by atoms with Gasteiger partial charge in [0, 0.05) is 17.2 Å². The van der Waals surface area contributed by atoms with Crippen LogP contribution in [0, 0.1) is 5.41 Å². The van der Waals surface area contributed by atoms with Crippen molar-refractivity contribution in [3.05, 3.63) is 22.8 Å². The largest absolute Gasteiger partial charge is 0.316 e. The minimum absolute atomic E-state index is 0.0939. The lowest BCUT2D eigenvalue weighted by Gasteiger charge is -2.36.